The summed E-state index contributed by atoms with van der Waals surface area (Å²) < 4.78 is 16.4. The first kappa shape index (κ1) is 11.9. The summed E-state index contributed by atoms with van der Waals surface area (Å²) >= 11 is 0. The van der Waals surface area contributed by atoms with Crippen molar-refractivity contribution in [1.29, 1.82) is 0 Å². The van der Waals surface area contributed by atoms with E-state index in [9.17, 15) is 4.79 Å². The van der Waals surface area contributed by atoms with E-state index in [2.05, 4.69) is 6.92 Å². The average Bonchev–Trinajstić information content (AvgIpc) is 2.70. The molecular formula is C12H20O4. The number of ether oxygens (including phenoxy) is 3. The predicted octanol–water partition coefficient (Wildman–Crippen LogP) is 1.73. The van der Waals surface area contributed by atoms with E-state index < -0.39 is 5.79 Å². The van der Waals surface area contributed by atoms with Crippen LogP contribution in [0.2, 0.25) is 0 Å². The van der Waals surface area contributed by atoms with Gasteiger partial charge in [-0.25, -0.2) is 0 Å². The highest BCUT2D eigenvalue weighted by Crippen LogP contribution is 2.56. The van der Waals surface area contributed by atoms with Crippen molar-refractivity contribution >= 4 is 5.97 Å². The predicted molar refractivity (Wildman–Crippen MR) is 57.8 cm³/mol. The number of rotatable bonds is 3. The summed E-state index contributed by atoms with van der Waals surface area (Å²) in [5, 5.41) is 0. The SMILES string of the molecule is CC(=O)OCC1(C)CC1[C@H]1COC(C)(C)O1. The van der Waals surface area contributed by atoms with Gasteiger partial charge in [0, 0.05) is 12.3 Å². The Morgan fingerprint density at radius 2 is 2.12 bits per heavy atom. The summed E-state index contributed by atoms with van der Waals surface area (Å²) in [4.78, 5) is 10.8. The Kier molecular flexibility index (Phi) is 2.75. The second-order valence-corrected chi connectivity index (χ2v) is 5.61. The van der Waals surface area contributed by atoms with Gasteiger partial charge in [0.15, 0.2) is 5.79 Å². The number of esters is 1. The van der Waals surface area contributed by atoms with Crippen molar-refractivity contribution in [2.75, 3.05) is 13.2 Å². The molecule has 0 aromatic carbocycles. The van der Waals surface area contributed by atoms with Gasteiger partial charge in [0.2, 0.25) is 0 Å². The first-order chi connectivity index (χ1) is 7.32. The minimum atomic E-state index is -0.463. The minimum absolute atomic E-state index is 0.0834. The lowest BCUT2D eigenvalue weighted by Gasteiger charge is -2.18. The molecule has 1 heterocycles. The van der Waals surface area contributed by atoms with E-state index in [-0.39, 0.29) is 17.5 Å². The quantitative estimate of drug-likeness (QED) is 0.690. The molecule has 0 bridgehead atoms. The van der Waals surface area contributed by atoms with E-state index in [4.69, 9.17) is 14.2 Å². The number of hydrogen-bond donors (Lipinski definition) is 0. The van der Waals surface area contributed by atoms with E-state index >= 15 is 0 Å². The van der Waals surface area contributed by atoms with E-state index in [0.717, 1.165) is 6.42 Å². The largest absolute Gasteiger partial charge is 0.465 e. The van der Waals surface area contributed by atoms with Crippen LogP contribution in [-0.2, 0) is 19.0 Å². The molecule has 2 aliphatic rings. The van der Waals surface area contributed by atoms with Crippen LogP contribution in [0.3, 0.4) is 0 Å². The molecule has 0 spiro atoms. The molecular weight excluding hydrogens is 208 g/mol. The average molecular weight is 228 g/mol. The van der Waals surface area contributed by atoms with Crippen LogP contribution in [0.5, 0.6) is 0 Å². The molecule has 4 heteroatoms. The van der Waals surface area contributed by atoms with Gasteiger partial charge in [-0.3, -0.25) is 4.79 Å². The van der Waals surface area contributed by atoms with Gasteiger partial charge in [0.25, 0.3) is 0 Å². The van der Waals surface area contributed by atoms with Crippen molar-refractivity contribution in [3.05, 3.63) is 0 Å². The first-order valence-electron chi connectivity index (χ1n) is 5.78. The lowest BCUT2D eigenvalue weighted by Crippen LogP contribution is -2.24. The molecule has 92 valence electrons. The summed E-state index contributed by atoms with van der Waals surface area (Å²) in [7, 11) is 0. The van der Waals surface area contributed by atoms with Crippen molar-refractivity contribution in [2.24, 2.45) is 11.3 Å². The minimum Gasteiger partial charge on any atom is -0.465 e. The van der Waals surface area contributed by atoms with Crippen LogP contribution in [0.25, 0.3) is 0 Å². The van der Waals surface area contributed by atoms with E-state index in [0.29, 0.717) is 19.1 Å². The van der Waals surface area contributed by atoms with Crippen molar-refractivity contribution in [3.63, 3.8) is 0 Å². The van der Waals surface area contributed by atoms with Gasteiger partial charge >= 0.3 is 5.97 Å². The Balaban J connectivity index is 1.84. The first-order valence-corrected chi connectivity index (χ1v) is 5.78. The standard InChI is InChI=1S/C12H20O4/c1-8(13)14-7-12(4)5-9(12)10-6-15-11(2,3)16-10/h9-10H,5-7H2,1-4H3/t9?,10-,12?/m1/s1. The molecule has 0 aromatic rings. The third-order valence-electron chi connectivity index (χ3n) is 3.51. The van der Waals surface area contributed by atoms with Crippen LogP contribution in [0.15, 0.2) is 0 Å². The van der Waals surface area contributed by atoms with Crippen LogP contribution in [0.1, 0.15) is 34.1 Å². The fourth-order valence-electron chi connectivity index (χ4n) is 2.37. The molecule has 0 radical (unpaired) electrons. The van der Waals surface area contributed by atoms with Crippen LogP contribution in [0.4, 0.5) is 0 Å². The van der Waals surface area contributed by atoms with Crippen molar-refractivity contribution in [2.45, 2.75) is 46.0 Å². The van der Waals surface area contributed by atoms with E-state index in [1.807, 2.05) is 13.8 Å². The lowest BCUT2D eigenvalue weighted by molar-refractivity contribution is -0.146. The Labute approximate surface area is 96.2 Å². The number of carbonyl (C=O) groups excluding carboxylic acids is 1. The van der Waals surface area contributed by atoms with Crippen molar-refractivity contribution in [1.82, 2.24) is 0 Å². The third-order valence-corrected chi connectivity index (χ3v) is 3.51. The van der Waals surface area contributed by atoms with Gasteiger partial charge < -0.3 is 14.2 Å². The van der Waals surface area contributed by atoms with E-state index in [1.165, 1.54) is 6.92 Å². The zero-order valence-corrected chi connectivity index (χ0v) is 10.4. The van der Waals surface area contributed by atoms with Gasteiger partial charge in [-0.1, -0.05) is 6.92 Å². The van der Waals surface area contributed by atoms with E-state index in [1.54, 1.807) is 0 Å². The maximum Gasteiger partial charge on any atom is 0.302 e. The third kappa shape index (κ3) is 2.38. The molecule has 0 amide bonds. The number of hydrogen-bond acceptors (Lipinski definition) is 4. The summed E-state index contributed by atoms with van der Waals surface area (Å²) in [6, 6.07) is 0. The molecule has 1 saturated heterocycles. The van der Waals surface area contributed by atoms with Gasteiger partial charge in [-0.05, 0) is 26.2 Å². The summed E-state index contributed by atoms with van der Waals surface area (Å²) in [5.74, 6) is -0.222. The maximum absolute atomic E-state index is 10.8. The molecule has 2 unspecified atom stereocenters. The van der Waals surface area contributed by atoms with Gasteiger partial charge in [0.05, 0.1) is 19.3 Å². The van der Waals surface area contributed by atoms with Crippen LogP contribution in [0, 0.1) is 11.3 Å². The molecule has 4 nitrogen and oxygen atoms in total. The summed E-state index contributed by atoms with van der Waals surface area (Å²) in [6.07, 6.45) is 1.19. The van der Waals surface area contributed by atoms with Gasteiger partial charge in [0.1, 0.15) is 0 Å². The fourth-order valence-corrected chi connectivity index (χ4v) is 2.37. The zero-order valence-electron chi connectivity index (χ0n) is 10.4. The molecule has 1 aliphatic heterocycles. The molecule has 1 saturated carbocycles. The summed E-state index contributed by atoms with van der Waals surface area (Å²) in [5.41, 5.74) is 0.0834. The maximum atomic E-state index is 10.8. The fraction of sp³-hybridized carbons (Fsp3) is 0.917. The highest BCUT2D eigenvalue weighted by Gasteiger charge is 2.57. The monoisotopic (exact) mass is 228 g/mol. The molecule has 0 N–H and O–H groups in total. The van der Waals surface area contributed by atoms with Gasteiger partial charge in [-0.15, -0.1) is 0 Å². The lowest BCUT2D eigenvalue weighted by atomic mass is 10.1. The summed E-state index contributed by atoms with van der Waals surface area (Å²) in [6.45, 7) is 8.58. The highest BCUT2D eigenvalue weighted by molar-refractivity contribution is 5.65. The molecule has 3 atom stereocenters. The Hall–Kier alpha value is -0.610. The molecule has 2 rings (SSSR count). The van der Waals surface area contributed by atoms with Crippen LogP contribution in [-0.4, -0.2) is 31.1 Å². The second kappa shape index (κ2) is 3.70. The van der Waals surface area contributed by atoms with Crippen LogP contribution < -0.4 is 0 Å². The second-order valence-electron chi connectivity index (χ2n) is 5.61. The zero-order chi connectivity index (χ0) is 12.0. The highest BCUT2D eigenvalue weighted by atomic mass is 16.7. The van der Waals surface area contributed by atoms with Gasteiger partial charge in [-0.2, -0.15) is 0 Å². The Bertz CT molecular complexity index is 299. The Morgan fingerprint density at radius 1 is 1.44 bits per heavy atom. The van der Waals surface area contributed by atoms with Crippen LogP contribution >= 0.6 is 0 Å². The molecule has 1 aliphatic carbocycles. The Morgan fingerprint density at radius 3 is 2.62 bits per heavy atom. The molecule has 2 fully saturated rings. The molecule has 0 aromatic heterocycles. The van der Waals surface area contributed by atoms with Crippen molar-refractivity contribution in [3.8, 4) is 0 Å². The molecule has 16 heavy (non-hydrogen) atoms. The van der Waals surface area contributed by atoms with Crippen molar-refractivity contribution < 1.29 is 19.0 Å². The smallest absolute Gasteiger partial charge is 0.302 e. The topological polar surface area (TPSA) is 44.8 Å². The number of carbonyl (C=O) groups is 1. The normalized spacial score (nSPS) is 40.8.